The van der Waals surface area contributed by atoms with Gasteiger partial charge in [0, 0.05) is 5.56 Å². The third-order valence-corrected chi connectivity index (χ3v) is 3.51. The van der Waals surface area contributed by atoms with Gasteiger partial charge in [0.15, 0.2) is 5.13 Å². The van der Waals surface area contributed by atoms with Gasteiger partial charge in [0.25, 0.3) is 0 Å². The predicted molar refractivity (Wildman–Crippen MR) is 68.5 cm³/mol. The van der Waals surface area contributed by atoms with Gasteiger partial charge in [-0.25, -0.2) is 13.8 Å². The molecular formula is C11H7BrF2N2OS. The SMILES string of the molecule is O=C(Cc1c(F)cccc1F)Nc1ncc(Br)s1. The molecule has 0 fully saturated rings. The molecule has 3 nitrogen and oxygen atoms in total. The van der Waals surface area contributed by atoms with Crippen molar-refractivity contribution in [3.63, 3.8) is 0 Å². The minimum atomic E-state index is -0.731. The number of carbonyl (C=O) groups is 1. The van der Waals surface area contributed by atoms with Crippen LogP contribution in [0.5, 0.6) is 0 Å². The van der Waals surface area contributed by atoms with Crippen LogP contribution in [0.25, 0.3) is 0 Å². The van der Waals surface area contributed by atoms with Crippen LogP contribution in [0.2, 0.25) is 0 Å². The van der Waals surface area contributed by atoms with Crippen LogP contribution in [0.3, 0.4) is 0 Å². The molecule has 0 aliphatic rings. The number of hydrogen-bond acceptors (Lipinski definition) is 3. The molecule has 1 heterocycles. The Hall–Kier alpha value is -1.34. The molecular weight excluding hydrogens is 326 g/mol. The third kappa shape index (κ3) is 3.11. The summed E-state index contributed by atoms with van der Waals surface area (Å²) in [5.41, 5.74) is -0.245. The zero-order chi connectivity index (χ0) is 13.1. The van der Waals surface area contributed by atoms with Gasteiger partial charge >= 0.3 is 0 Å². The van der Waals surface area contributed by atoms with Crippen LogP contribution in [0.4, 0.5) is 13.9 Å². The average molecular weight is 333 g/mol. The van der Waals surface area contributed by atoms with Crippen molar-refractivity contribution >= 4 is 38.3 Å². The van der Waals surface area contributed by atoms with E-state index in [1.54, 1.807) is 0 Å². The van der Waals surface area contributed by atoms with Gasteiger partial charge in [-0.1, -0.05) is 17.4 Å². The second kappa shape index (κ2) is 5.53. The number of anilines is 1. The lowest BCUT2D eigenvalue weighted by Crippen LogP contribution is -2.16. The molecule has 0 bridgehead atoms. The lowest BCUT2D eigenvalue weighted by atomic mass is 10.1. The highest BCUT2D eigenvalue weighted by atomic mass is 79.9. The number of rotatable bonds is 3. The first-order valence-electron chi connectivity index (χ1n) is 4.90. The third-order valence-electron chi connectivity index (χ3n) is 2.12. The number of nitrogens with one attached hydrogen (secondary N) is 1. The molecule has 94 valence electrons. The van der Waals surface area contributed by atoms with Crippen molar-refractivity contribution in [2.45, 2.75) is 6.42 Å². The molecule has 0 saturated heterocycles. The maximum Gasteiger partial charge on any atom is 0.230 e. The van der Waals surface area contributed by atoms with Crippen molar-refractivity contribution in [3.8, 4) is 0 Å². The van der Waals surface area contributed by atoms with Crippen molar-refractivity contribution < 1.29 is 13.6 Å². The van der Waals surface area contributed by atoms with Gasteiger partial charge in [0.2, 0.25) is 5.91 Å². The Balaban J connectivity index is 2.08. The van der Waals surface area contributed by atoms with Crippen molar-refractivity contribution in [3.05, 3.63) is 45.4 Å². The Kier molecular flexibility index (Phi) is 4.03. The van der Waals surface area contributed by atoms with E-state index in [4.69, 9.17) is 0 Å². The second-order valence-electron chi connectivity index (χ2n) is 3.39. The number of nitrogens with zero attached hydrogens (tertiary/aromatic N) is 1. The number of aromatic nitrogens is 1. The summed E-state index contributed by atoms with van der Waals surface area (Å²) in [6, 6.07) is 3.49. The number of halogens is 3. The van der Waals surface area contributed by atoms with Crippen LogP contribution in [0.15, 0.2) is 28.2 Å². The van der Waals surface area contributed by atoms with Crippen LogP contribution in [-0.4, -0.2) is 10.9 Å². The Morgan fingerprint density at radius 2 is 2.06 bits per heavy atom. The summed E-state index contributed by atoms with van der Waals surface area (Å²) in [4.78, 5) is 15.5. The highest BCUT2D eigenvalue weighted by Gasteiger charge is 2.14. The Morgan fingerprint density at radius 3 is 2.61 bits per heavy atom. The molecule has 2 aromatic rings. The quantitative estimate of drug-likeness (QED) is 0.936. The van der Waals surface area contributed by atoms with E-state index in [1.807, 2.05) is 0 Å². The molecule has 1 aromatic heterocycles. The molecule has 0 atom stereocenters. The van der Waals surface area contributed by atoms with Gasteiger partial charge in [-0.2, -0.15) is 0 Å². The van der Waals surface area contributed by atoms with Gasteiger partial charge in [0.05, 0.1) is 16.4 Å². The highest BCUT2D eigenvalue weighted by molar-refractivity contribution is 9.11. The molecule has 1 amide bonds. The first-order chi connectivity index (χ1) is 8.56. The minimum absolute atomic E-state index is 0.245. The van der Waals surface area contributed by atoms with Gasteiger partial charge in [-0.05, 0) is 28.1 Å². The summed E-state index contributed by atoms with van der Waals surface area (Å²) in [6.07, 6.45) is 1.17. The molecule has 0 spiro atoms. The number of benzene rings is 1. The fourth-order valence-corrected chi connectivity index (χ4v) is 2.46. The maximum atomic E-state index is 13.3. The second-order valence-corrected chi connectivity index (χ2v) is 5.80. The zero-order valence-corrected chi connectivity index (χ0v) is 11.3. The van der Waals surface area contributed by atoms with E-state index in [1.165, 1.54) is 23.6 Å². The molecule has 18 heavy (non-hydrogen) atoms. The predicted octanol–water partition coefficient (Wildman–Crippen LogP) is 3.37. The highest BCUT2D eigenvalue weighted by Crippen LogP contribution is 2.23. The van der Waals surface area contributed by atoms with E-state index in [2.05, 4.69) is 26.2 Å². The molecule has 2 rings (SSSR count). The zero-order valence-electron chi connectivity index (χ0n) is 8.91. The Labute approximate surface area is 114 Å². The van der Waals surface area contributed by atoms with Crippen LogP contribution < -0.4 is 5.32 Å². The molecule has 1 N–H and O–H groups in total. The Morgan fingerprint density at radius 1 is 1.39 bits per heavy atom. The first-order valence-corrected chi connectivity index (χ1v) is 6.51. The first kappa shape index (κ1) is 13.1. The van der Waals surface area contributed by atoms with E-state index >= 15 is 0 Å². The maximum absolute atomic E-state index is 13.3. The number of amides is 1. The van der Waals surface area contributed by atoms with Crippen LogP contribution >= 0.6 is 27.3 Å². The molecule has 0 radical (unpaired) electrons. The van der Waals surface area contributed by atoms with Crippen molar-refractivity contribution in [1.29, 1.82) is 0 Å². The minimum Gasteiger partial charge on any atom is -0.302 e. The summed E-state index contributed by atoms with van der Waals surface area (Å²) < 4.78 is 27.4. The smallest absolute Gasteiger partial charge is 0.230 e. The topological polar surface area (TPSA) is 42.0 Å². The van der Waals surface area contributed by atoms with E-state index in [9.17, 15) is 13.6 Å². The summed E-state index contributed by atoms with van der Waals surface area (Å²) in [5.74, 6) is -1.98. The normalized spacial score (nSPS) is 10.4. The van der Waals surface area contributed by atoms with Crippen molar-refractivity contribution in [2.24, 2.45) is 0 Å². The molecule has 7 heteroatoms. The number of thiazole rings is 1. The monoisotopic (exact) mass is 332 g/mol. The van der Waals surface area contributed by atoms with Crippen LogP contribution in [0, 0.1) is 11.6 Å². The van der Waals surface area contributed by atoms with E-state index in [-0.39, 0.29) is 12.0 Å². The summed E-state index contributed by atoms with van der Waals surface area (Å²) >= 11 is 4.42. The van der Waals surface area contributed by atoms with E-state index in [0.717, 1.165) is 15.9 Å². The number of hydrogen-bond donors (Lipinski definition) is 1. The molecule has 0 aliphatic heterocycles. The fraction of sp³-hybridized carbons (Fsp3) is 0.0909. The lowest BCUT2D eigenvalue weighted by molar-refractivity contribution is -0.115. The largest absolute Gasteiger partial charge is 0.302 e. The average Bonchev–Trinajstić information content (AvgIpc) is 2.69. The van der Waals surface area contributed by atoms with Crippen molar-refractivity contribution in [2.75, 3.05) is 5.32 Å². The molecule has 0 saturated carbocycles. The summed E-state index contributed by atoms with van der Waals surface area (Å²) in [7, 11) is 0. The summed E-state index contributed by atoms with van der Waals surface area (Å²) in [6.45, 7) is 0. The number of carbonyl (C=O) groups excluding carboxylic acids is 1. The van der Waals surface area contributed by atoms with E-state index < -0.39 is 17.5 Å². The molecule has 0 unspecified atom stereocenters. The van der Waals surface area contributed by atoms with Crippen molar-refractivity contribution in [1.82, 2.24) is 4.98 Å². The van der Waals surface area contributed by atoms with Gasteiger partial charge in [-0.3, -0.25) is 4.79 Å². The van der Waals surface area contributed by atoms with E-state index in [0.29, 0.717) is 5.13 Å². The van der Waals surface area contributed by atoms with Gasteiger partial charge in [-0.15, -0.1) is 0 Å². The standard InChI is InChI=1S/C11H7BrF2N2OS/c12-9-5-15-11(18-9)16-10(17)4-6-7(13)2-1-3-8(6)14/h1-3,5H,4H2,(H,15,16,17). The Bertz CT molecular complexity index is 568. The lowest BCUT2D eigenvalue weighted by Gasteiger charge is -2.04. The van der Waals surface area contributed by atoms with Crippen LogP contribution in [-0.2, 0) is 11.2 Å². The summed E-state index contributed by atoms with van der Waals surface area (Å²) in [5, 5.41) is 2.85. The fourth-order valence-electron chi connectivity index (χ4n) is 1.34. The molecule has 1 aromatic carbocycles. The molecule has 0 aliphatic carbocycles. The van der Waals surface area contributed by atoms with Gasteiger partial charge < -0.3 is 5.32 Å². The van der Waals surface area contributed by atoms with Gasteiger partial charge in [0.1, 0.15) is 11.6 Å². The van der Waals surface area contributed by atoms with Crippen LogP contribution in [0.1, 0.15) is 5.56 Å².